The number of halogens is 5. The molecule has 0 amide bonds. The van der Waals surface area contributed by atoms with Gasteiger partial charge in [-0.2, -0.15) is 22.0 Å². The molecule has 0 unspecified atom stereocenters. The van der Waals surface area contributed by atoms with E-state index in [0.717, 1.165) is 12.1 Å². The van der Waals surface area contributed by atoms with Gasteiger partial charge >= 0.3 is 12.8 Å². The van der Waals surface area contributed by atoms with Crippen molar-refractivity contribution in [2.75, 3.05) is 0 Å². The molecule has 0 aliphatic heterocycles. The Morgan fingerprint density at radius 1 is 1.07 bits per heavy atom. The molecule has 0 radical (unpaired) electrons. The molecule has 0 aliphatic carbocycles. The largest absolute Gasteiger partial charge is 0.435 e. The van der Waals surface area contributed by atoms with Gasteiger partial charge in [0.2, 0.25) is 0 Å². The maximum absolute atomic E-state index is 12.9. The lowest BCUT2D eigenvalue weighted by molar-refractivity contribution is -0.137. The van der Waals surface area contributed by atoms with Crippen LogP contribution in [-0.4, -0.2) is 21.4 Å². The summed E-state index contributed by atoms with van der Waals surface area (Å²) < 4.78 is 69.2. The maximum atomic E-state index is 12.9. The fourth-order valence-corrected chi connectivity index (χ4v) is 3.61. The molecule has 1 aromatic heterocycles. The fourth-order valence-electron chi connectivity index (χ4n) is 2.66. The van der Waals surface area contributed by atoms with Crippen molar-refractivity contribution < 1.29 is 26.7 Å². The molecule has 0 saturated heterocycles. The van der Waals surface area contributed by atoms with Crippen molar-refractivity contribution in [1.29, 1.82) is 0 Å². The van der Waals surface area contributed by atoms with Crippen LogP contribution < -0.4 is 4.74 Å². The first-order valence-electron chi connectivity index (χ1n) is 8.55. The van der Waals surface area contributed by atoms with Crippen LogP contribution in [0.15, 0.2) is 53.7 Å². The second kappa shape index (κ2) is 8.81. The molecule has 0 spiro atoms. The molecule has 0 atom stereocenters. The van der Waals surface area contributed by atoms with Gasteiger partial charge in [0.1, 0.15) is 5.75 Å². The molecular weight excluding hydrogens is 413 g/mol. The van der Waals surface area contributed by atoms with Gasteiger partial charge in [0.05, 0.1) is 5.56 Å². The summed E-state index contributed by atoms with van der Waals surface area (Å²) in [4.78, 5) is 0. The van der Waals surface area contributed by atoms with Gasteiger partial charge in [0.15, 0.2) is 11.0 Å². The van der Waals surface area contributed by atoms with Crippen LogP contribution in [0.1, 0.15) is 18.1 Å². The van der Waals surface area contributed by atoms with E-state index in [9.17, 15) is 22.0 Å². The minimum atomic E-state index is -4.39. The average Bonchev–Trinajstić information content (AvgIpc) is 3.09. The Balaban J connectivity index is 1.76. The third-order valence-electron chi connectivity index (χ3n) is 3.99. The second-order valence-electron chi connectivity index (χ2n) is 5.94. The van der Waals surface area contributed by atoms with Crippen molar-refractivity contribution in [3.63, 3.8) is 0 Å². The van der Waals surface area contributed by atoms with Crippen LogP contribution in [0.25, 0.3) is 11.4 Å². The van der Waals surface area contributed by atoms with Crippen molar-refractivity contribution in [2.24, 2.45) is 0 Å². The molecule has 1 heterocycles. The lowest BCUT2D eigenvalue weighted by Gasteiger charge is -2.10. The Kier molecular flexibility index (Phi) is 6.41. The zero-order valence-electron chi connectivity index (χ0n) is 15.2. The van der Waals surface area contributed by atoms with E-state index < -0.39 is 18.4 Å². The third-order valence-corrected chi connectivity index (χ3v) is 5.03. The van der Waals surface area contributed by atoms with Crippen molar-refractivity contribution >= 4 is 11.8 Å². The molecule has 2 aromatic carbocycles. The summed E-state index contributed by atoms with van der Waals surface area (Å²) in [6.45, 7) is -0.489. The quantitative estimate of drug-likeness (QED) is 0.348. The summed E-state index contributed by atoms with van der Waals surface area (Å²) >= 11 is 1.27. The summed E-state index contributed by atoms with van der Waals surface area (Å²) in [5, 5.41) is 8.81. The predicted molar refractivity (Wildman–Crippen MR) is 98.8 cm³/mol. The average molecular weight is 429 g/mol. The Hall–Kier alpha value is -2.62. The van der Waals surface area contributed by atoms with Gasteiger partial charge in [-0.15, -0.1) is 10.2 Å². The fraction of sp³-hybridized carbons (Fsp3) is 0.263. The molecule has 4 nitrogen and oxygen atoms in total. The first-order chi connectivity index (χ1) is 13.8. The van der Waals surface area contributed by atoms with E-state index in [1.165, 1.54) is 30.0 Å². The number of hydrogen-bond acceptors (Lipinski definition) is 4. The first-order valence-corrected chi connectivity index (χ1v) is 9.54. The zero-order chi connectivity index (χ0) is 21.0. The highest BCUT2D eigenvalue weighted by Crippen LogP contribution is 2.32. The van der Waals surface area contributed by atoms with Gasteiger partial charge in [-0.25, -0.2) is 0 Å². The van der Waals surface area contributed by atoms with Crippen LogP contribution in [0.2, 0.25) is 0 Å². The zero-order valence-corrected chi connectivity index (χ0v) is 16.0. The van der Waals surface area contributed by atoms with Crippen molar-refractivity contribution in [3.8, 4) is 17.1 Å². The van der Waals surface area contributed by atoms with Crippen LogP contribution in [0, 0.1) is 0 Å². The third kappa shape index (κ3) is 5.26. The van der Waals surface area contributed by atoms with E-state index in [1.54, 1.807) is 22.8 Å². The van der Waals surface area contributed by atoms with Gasteiger partial charge in [0, 0.05) is 17.9 Å². The topological polar surface area (TPSA) is 39.9 Å². The number of nitrogens with zero attached hydrogens (tertiary/aromatic N) is 3. The van der Waals surface area contributed by atoms with E-state index in [1.807, 2.05) is 6.92 Å². The number of aromatic nitrogens is 3. The van der Waals surface area contributed by atoms with E-state index in [-0.39, 0.29) is 5.75 Å². The Labute approximate surface area is 167 Å². The predicted octanol–water partition coefficient (Wildman–Crippen LogP) is 5.88. The molecule has 0 aliphatic rings. The number of rotatable bonds is 7. The molecule has 3 aromatic rings. The molecule has 10 heteroatoms. The lowest BCUT2D eigenvalue weighted by Crippen LogP contribution is -2.05. The minimum Gasteiger partial charge on any atom is -0.435 e. The van der Waals surface area contributed by atoms with E-state index in [2.05, 4.69) is 14.9 Å². The monoisotopic (exact) mass is 429 g/mol. The summed E-state index contributed by atoms with van der Waals surface area (Å²) in [5.41, 5.74) is 0.483. The maximum Gasteiger partial charge on any atom is 0.416 e. The van der Waals surface area contributed by atoms with E-state index in [0.29, 0.717) is 34.4 Å². The van der Waals surface area contributed by atoms with Crippen LogP contribution in [0.3, 0.4) is 0 Å². The van der Waals surface area contributed by atoms with E-state index in [4.69, 9.17) is 0 Å². The summed E-state index contributed by atoms with van der Waals surface area (Å²) in [6, 6.07) is 11.1. The van der Waals surface area contributed by atoms with Crippen molar-refractivity contribution in [3.05, 3.63) is 59.7 Å². The number of thioether (sulfide) groups is 1. The molecule has 154 valence electrons. The SMILES string of the molecule is CCn1c(SCc2cccc(C(F)(F)F)c2)nnc1-c1ccc(OC(F)F)cc1. The first kappa shape index (κ1) is 21.1. The van der Waals surface area contributed by atoms with Gasteiger partial charge in [-0.1, -0.05) is 30.0 Å². The lowest BCUT2D eigenvalue weighted by atomic mass is 10.1. The number of hydrogen-bond donors (Lipinski definition) is 0. The van der Waals surface area contributed by atoms with Gasteiger partial charge < -0.3 is 9.30 Å². The molecule has 0 fully saturated rings. The molecule has 0 N–H and O–H groups in total. The van der Waals surface area contributed by atoms with Gasteiger partial charge in [0.25, 0.3) is 0 Å². The number of alkyl halides is 5. The molecule has 29 heavy (non-hydrogen) atoms. The van der Waals surface area contributed by atoms with Gasteiger partial charge in [-0.05, 0) is 42.8 Å². The Bertz CT molecular complexity index is 957. The summed E-state index contributed by atoms with van der Waals surface area (Å²) in [6.07, 6.45) is -4.39. The highest BCUT2D eigenvalue weighted by molar-refractivity contribution is 7.98. The Morgan fingerprint density at radius 2 is 1.79 bits per heavy atom. The highest BCUT2D eigenvalue weighted by atomic mass is 32.2. The standard InChI is InChI=1S/C19H16F5N3OS/c1-2-27-16(13-6-8-15(9-7-13)28-17(20)21)25-26-18(27)29-11-12-4-3-5-14(10-12)19(22,23)24/h3-10,17H,2,11H2,1H3. The minimum absolute atomic E-state index is 0.0328. The van der Waals surface area contributed by atoms with Crippen LogP contribution in [0.4, 0.5) is 22.0 Å². The highest BCUT2D eigenvalue weighted by Gasteiger charge is 2.30. The van der Waals surface area contributed by atoms with Crippen LogP contribution in [0.5, 0.6) is 5.75 Å². The van der Waals surface area contributed by atoms with Crippen LogP contribution >= 0.6 is 11.8 Å². The summed E-state index contributed by atoms with van der Waals surface area (Å²) in [7, 11) is 0. The van der Waals surface area contributed by atoms with Crippen molar-refractivity contribution in [2.45, 2.75) is 37.2 Å². The van der Waals surface area contributed by atoms with E-state index >= 15 is 0 Å². The summed E-state index contributed by atoms with van der Waals surface area (Å²) in [5.74, 6) is 0.858. The second-order valence-corrected chi connectivity index (χ2v) is 6.88. The molecule has 0 saturated carbocycles. The smallest absolute Gasteiger partial charge is 0.416 e. The Morgan fingerprint density at radius 3 is 2.41 bits per heavy atom. The van der Waals surface area contributed by atoms with Crippen molar-refractivity contribution in [1.82, 2.24) is 14.8 Å². The molecular formula is C19H16F5N3OS. The van der Waals surface area contributed by atoms with Crippen LogP contribution in [-0.2, 0) is 18.5 Å². The normalized spacial score (nSPS) is 11.8. The van der Waals surface area contributed by atoms with Gasteiger partial charge in [-0.3, -0.25) is 0 Å². The molecule has 3 rings (SSSR count). The molecule has 0 bridgehead atoms. The number of benzene rings is 2. The number of ether oxygens (including phenoxy) is 1.